The number of aliphatic carboxylic acids is 1. The van der Waals surface area contributed by atoms with Gasteiger partial charge in [0.25, 0.3) is 5.91 Å². The molecule has 1 aliphatic rings. The number of amides is 1. The second-order valence-corrected chi connectivity index (χ2v) is 4.45. The summed E-state index contributed by atoms with van der Waals surface area (Å²) in [5.74, 6) is 0.130. The molecule has 1 rings (SSSR count). The second-order valence-electron chi connectivity index (χ2n) is 3.30. The van der Waals surface area contributed by atoms with E-state index in [-0.39, 0.29) is 18.0 Å². The normalized spacial score (nSPS) is 18.1. The molecule has 0 aliphatic carbocycles. The van der Waals surface area contributed by atoms with E-state index in [1.807, 2.05) is 0 Å². The van der Waals surface area contributed by atoms with E-state index in [1.54, 1.807) is 17.8 Å². The molecular formula is C10H14N2O4S. The molecule has 2 N–H and O–H groups in total. The number of hydrogen-bond donors (Lipinski definition) is 2. The van der Waals surface area contributed by atoms with Crippen LogP contribution in [0.2, 0.25) is 0 Å². The van der Waals surface area contributed by atoms with Crippen LogP contribution in [0, 0.1) is 0 Å². The van der Waals surface area contributed by atoms with Crippen molar-refractivity contribution >= 4 is 29.4 Å². The highest BCUT2D eigenvalue weighted by molar-refractivity contribution is 7.99. The topological polar surface area (TPSA) is 88.0 Å². The van der Waals surface area contributed by atoms with E-state index < -0.39 is 12.1 Å². The molecule has 1 aliphatic heterocycles. The van der Waals surface area contributed by atoms with E-state index in [0.29, 0.717) is 6.54 Å². The molecule has 0 bridgehead atoms. The number of carbonyl (C=O) groups excluding carboxylic acids is 1. The fourth-order valence-corrected chi connectivity index (χ4v) is 1.75. The predicted molar refractivity (Wildman–Crippen MR) is 65.1 cm³/mol. The maximum atomic E-state index is 11.5. The van der Waals surface area contributed by atoms with Gasteiger partial charge in [-0.05, 0) is 0 Å². The summed E-state index contributed by atoms with van der Waals surface area (Å²) in [5, 5.41) is 14.6. The first-order valence-corrected chi connectivity index (χ1v) is 6.23. The summed E-state index contributed by atoms with van der Waals surface area (Å²) >= 11 is 1.65. The number of thioether (sulfide) groups is 1. The lowest BCUT2D eigenvalue weighted by atomic mass is 10.2. The highest BCUT2D eigenvalue weighted by Crippen LogP contribution is 2.10. The molecule has 0 fully saturated rings. The van der Waals surface area contributed by atoms with Crippen molar-refractivity contribution in [1.82, 2.24) is 5.32 Å². The molecule has 0 spiro atoms. The van der Waals surface area contributed by atoms with Crippen LogP contribution in [0.3, 0.4) is 0 Å². The first-order chi connectivity index (χ1) is 8.15. The molecule has 1 amide bonds. The van der Waals surface area contributed by atoms with E-state index in [0.717, 1.165) is 11.5 Å². The number of carboxylic acids is 1. The van der Waals surface area contributed by atoms with Gasteiger partial charge >= 0.3 is 5.97 Å². The van der Waals surface area contributed by atoms with Crippen LogP contribution in [0.25, 0.3) is 0 Å². The zero-order valence-corrected chi connectivity index (χ0v) is 10.0. The number of carboxylic acid groups (broad SMARTS) is 1. The fourth-order valence-electron chi connectivity index (χ4n) is 1.17. The molecule has 7 heteroatoms. The molecule has 1 heterocycles. The lowest BCUT2D eigenvalue weighted by Gasteiger charge is -2.08. The average Bonchev–Trinajstić information content (AvgIpc) is 2.78. The maximum Gasteiger partial charge on any atom is 0.353 e. The first kappa shape index (κ1) is 13.6. The van der Waals surface area contributed by atoms with Crippen molar-refractivity contribution < 1.29 is 19.5 Å². The van der Waals surface area contributed by atoms with Gasteiger partial charge in [0.05, 0.1) is 0 Å². The third-order valence-corrected chi connectivity index (χ3v) is 2.95. The van der Waals surface area contributed by atoms with Crippen LogP contribution >= 0.6 is 11.8 Å². The minimum absolute atomic E-state index is 0.0148. The Morgan fingerprint density at radius 3 is 3.06 bits per heavy atom. The molecule has 17 heavy (non-hydrogen) atoms. The highest BCUT2D eigenvalue weighted by atomic mass is 32.2. The van der Waals surface area contributed by atoms with Gasteiger partial charge in [-0.2, -0.15) is 11.8 Å². The van der Waals surface area contributed by atoms with Crippen LogP contribution in [-0.4, -0.2) is 46.8 Å². The van der Waals surface area contributed by atoms with Gasteiger partial charge < -0.3 is 15.3 Å². The lowest BCUT2D eigenvalue weighted by Crippen LogP contribution is -2.36. The Kier molecular flexibility index (Phi) is 5.55. The molecule has 94 valence electrons. The number of nitrogens with zero attached hydrogens (tertiary/aromatic N) is 1. The quantitative estimate of drug-likeness (QED) is 0.505. The summed E-state index contributed by atoms with van der Waals surface area (Å²) in [7, 11) is 0. The minimum atomic E-state index is -1.15. The fraction of sp³-hybridized carbons (Fsp3) is 0.500. The van der Waals surface area contributed by atoms with Crippen molar-refractivity contribution in [3.63, 3.8) is 0 Å². The smallest absolute Gasteiger partial charge is 0.353 e. The number of rotatable bonds is 7. The number of carbonyl (C=O) groups is 2. The van der Waals surface area contributed by atoms with Gasteiger partial charge in [0.1, 0.15) is 0 Å². The van der Waals surface area contributed by atoms with Crippen molar-refractivity contribution in [2.75, 3.05) is 18.1 Å². The minimum Gasteiger partial charge on any atom is -0.477 e. The zero-order chi connectivity index (χ0) is 12.7. The highest BCUT2D eigenvalue weighted by Gasteiger charge is 2.31. The SMILES string of the molecule is C=CCSCCNC(=O)C1CC(C(=O)O)=NO1. The van der Waals surface area contributed by atoms with Gasteiger partial charge in [0.2, 0.25) is 6.10 Å². The molecule has 0 radical (unpaired) electrons. The Hall–Kier alpha value is -1.50. The van der Waals surface area contributed by atoms with Crippen LogP contribution in [0.15, 0.2) is 17.8 Å². The van der Waals surface area contributed by atoms with Crippen molar-refractivity contribution in [2.24, 2.45) is 5.16 Å². The first-order valence-electron chi connectivity index (χ1n) is 5.07. The Bertz CT molecular complexity index is 343. The number of oxime groups is 1. The monoisotopic (exact) mass is 258 g/mol. The Labute approximate surface area is 103 Å². The Morgan fingerprint density at radius 2 is 2.47 bits per heavy atom. The van der Waals surface area contributed by atoms with E-state index in [4.69, 9.17) is 9.94 Å². The summed E-state index contributed by atoms with van der Waals surface area (Å²) < 4.78 is 0. The van der Waals surface area contributed by atoms with Gasteiger partial charge in [0, 0.05) is 24.5 Å². The summed E-state index contributed by atoms with van der Waals surface area (Å²) in [6, 6.07) is 0. The van der Waals surface area contributed by atoms with Crippen molar-refractivity contribution in [3.05, 3.63) is 12.7 Å². The molecule has 0 aromatic carbocycles. The summed E-state index contributed by atoms with van der Waals surface area (Å²) in [5.41, 5.74) is -0.119. The van der Waals surface area contributed by atoms with Crippen LogP contribution in [0.5, 0.6) is 0 Å². The molecule has 0 aromatic rings. The Morgan fingerprint density at radius 1 is 1.71 bits per heavy atom. The summed E-state index contributed by atoms with van der Waals surface area (Å²) in [4.78, 5) is 26.8. The number of nitrogens with one attached hydrogen (secondary N) is 1. The average molecular weight is 258 g/mol. The largest absolute Gasteiger partial charge is 0.477 e. The standard InChI is InChI=1S/C10H14N2O4S/c1-2-4-17-5-3-11-9(13)8-6-7(10(14)15)12-16-8/h2,8H,1,3-6H2,(H,11,13)(H,14,15). The van der Waals surface area contributed by atoms with E-state index in [2.05, 4.69) is 17.1 Å². The summed E-state index contributed by atoms with van der Waals surface area (Å²) in [6.45, 7) is 4.10. The van der Waals surface area contributed by atoms with Crippen LogP contribution < -0.4 is 5.32 Å². The lowest BCUT2D eigenvalue weighted by molar-refractivity contribution is -0.131. The Balaban J connectivity index is 2.18. The molecule has 1 unspecified atom stereocenters. The molecular weight excluding hydrogens is 244 g/mol. The molecule has 0 saturated heterocycles. The molecule has 0 saturated carbocycles. The third kappa shape index (κ3) is 4.48. The molecule has 6 nitrogen and oxygen atoms in total. The zero-order valence-electron chi connectivity index (χ0n) is 9.22. The van der Waals surface area contributed by atoms with Crippen LogP contribution in [0.1, 0.15) is 6.42 Å². The molecule has 1 atom stereocenters. The third-order valence-electron chi connectivity index (χ3n) is 1.99. The molecule has 0 aromatic heterocycles. The maximum absolute atomic E-state index is 11.5. The van der Waals surface area contributed by atoms with Crippen molar-refractivity contribution in [1.29, 1.82) is 0 Å². The van der Waals surface area contributed by atoms with Crippen LogP contribution in [0.4, 0.5) is 0 Å². The second kappa shape index (κ2) is 6.95. The van der Waals surface area contributed by atoms with Gasteiger partial charge in [-0.1, -0.05) is 11.2 Å². The van der Waals surface area contributed by atoms with Crippen molar-refractivity contribution in [3.8, 4) is 0 Å². The summed E-state index contributed by atoms with van der Waals surface area (Å²) in [6.07, 6.45) is 0.992. The van der Waals surface area contributed by atoms with Gasteiger partial charge in [-0.15, -0.1) is 6.58 Å². The van der Waals surface area contributed by atoms with E-state index >= 15 is 0 Å². The predicted octanol–water partition coefficient (Wildman–Crippen LogP) is 0.251. The van der Waals surface area contributed by atoms with Crippen LogP contribution in [-0.2, 0) is 14.4 Å². The van der Waals surface area contributed by atoms with Crippen molar-refractivity contribution in [2.45, 2.75) is 12.5 Å². The van der Waals surface area contributed by atoms with E-state index in [1.165, 1.54) is 0 Å². The van der Waals surface area contributed by atoms with E-state index in [9.17, 15) is 9.59 Å². The van der Waals surface area contributed by atoms with Gasteiger partial charge in [-0.25, -0.2) is 4.79 Å². The number of hydrogen-bond acceptors (Lipinski definition) is 5. The van der Waals surface area contributed by atoms with Gasteiger partial charge in [0.15, 0.2) is 5.71 Å². The van der Waals surface area contributed by atoms with Gasteiger partial charge in [-0.3, -0.25) is 4.79 Å².